The van der Waals surface area contributed by atoms with Crippen molar-refractivity contribution in [3.63, 3.8) is 0 Å². The highest BCUT2D eigenvalue weighted by Crippen LogP contribution is 2.31. The van der Waals surface area contributed by atoms with Gasteiger partial charge in [0.15, 0.2) is 17.6 Å². The Morgan fingerprint density at radius 3 is 2.50 bits per heavy atom. The second-order valence-corrected chi connectivity index (χ2v) is 5.56. The molecule has 0 spiro atoms. The van der Waals surface area contributed by atoms with Gasteiger partial charge in [0.1, 0.15) is 6.61 Å². The summed E-state index contributed by atoms with van der Waals surface area (Å²) in [5.74, 6) is -0.494. The van der Waals surface area contributed by atoms with E-state index in [9.17, 15) is 14.4 Å². The highest BCUT2D eigenvalue weighted by molar-refractivity contribution is 5.97. The number of nitrogens with one attached hydrogen (secondary N) is 2. The number of fused-ring (bicyclic) bond motifs is 1. The van der Waals surface area contributed by atoms with Crippen molar-refractivity contribution in [3.05, 3.63) is 24.3 Å². The number of para-hydroxylation sites is 2. The van der Waals surface area contributed by atoms with Crippen LogP contribution in [0, 0.1) is 0 Å². The Bertz CT molecular complexity index is 631. The first-order valence-corrected chi connectivity index (χ1v) is 7.57. The van der Waals surface area contributed by atoms with Gasteiger partial charge in [-0.25, -0.2) is 9.59 Å². The predicted molar refractivity (Wildman–Crippen MR) is 83.7 cm³/mol. The molecule has 2 N–H and O–H groups in total. The largest absolute Gasteiger partial charge is 0.485 e. The maximum absolute atomic E-state index is 12.1. The van der Waals surface area contributed by atoms with Gasteiger partial charge >= 0.3 is 12.0 Å². The first-order chi connectivity index (χ1) is 11.4. The number of ether oxygens (including phenoxy) is 3. The van der Waals surface area contributed by atoms with E-state index in [0.717, 1.165) is 0 Å². The Hall–Kier alpha value is -2.77. The van der Waals surface area contributed by atoms with Gasteiger partial charge in [-0.1, -0.05) is 12.1 Å². The van der Waals surface area contributed by atoms with Gasteiger partial charge < -0.3 is 19.5 Å². The number of hydrogen-bond acceptors (Lipinski definition) is 6. The Morgan fingerprint density at radius 1 is 1.17 bits per heavy atom. The van der Waals surface area contributed by atoms with E-state index in [1.807, 2.05) is 0 Å². The molecule has 1 aliphatic rings. The molecule has 0 saturated heterocycles. The van der Waals surface area contributed by atoms with Crippen LogP contribution in [-0.4, -0.2) is 42.8 Å². The summed E-state index contributed by atoms with van der Waals surface area (Å²) in [6.07, 6.45) is -2.11. The fraction of sp³-hybridized carbons (Fsp3) is 0.438. The lowest BCUT2D eigenvalue weighted by Gasteiger charge is -2.25. The van der Waals surface area contributed by atoms with Gasteiger partial charge in [0, 0.05) is 6.04 Å². The minimum atomic E-state index is -1.14. The van der Waals surface area contributed by atoms with E-state index in [-0.39, 0.29) is 12.6 Å². The number of hydrogen-bond donors (Lipinski definition) is 2. The number of urea groups is 1. The van der Waals surface area contributed by atoms with Crippen molar-refractivity contribution in [3.8, 4) is 11.5 Å². The second-order valence-electron chi connectivity index (χ2n) is 5.56. The molecule has 2 rings (SSSR count). The van der Waals surface area contributed by atoms with E-state index in [0.29, 0.717) is 11.5 Å². The predicted octanol–water partition coefficient (Wildman–Crippen LogP) is 0.992. The van der Waals surface area contributed by atoms with E-state index in [1.54, 1.807) is 38.1 Å². The van der Waals surface area contributed by atoms with Gasteiger partial charge in [0.05, 0.1) is 0 Å². The van der Waals surface area contributed by atoms with Crippen molar-refractivity contribution < 1.29 is 28.6 Å². The highest BCUT2D eigenvalue weighted by Gasteiger charge is 2.31. The van der Waals surface area contributed by atoms with E-state index >= 15 is 0 Å². The Balaban J connectivity index is 1.86. The number of benzene rings is 1. The van der Waals surface area contributed by atoms with Crippen molar-refractivity contribution in [2.24, 2.45) is 0 Å². The van der Waals surface area contributed by atoms with E-state index in [2.05, 4.69) is 10.6 Å². The summed E-state index contributed by atoms with van der Waals surface area (Å²) in [6.45, 7) is 4.86. The first-order valence-electron chi connectivity index (χ1n) is 7.57. The molecule has 1 aliphatic heterocycles. The van der Waals surface area contributed by atoms with Crippen LogP contribution in [0.5, 0.6) is 11.5 Å². The lowest BCUT2D eigenvalue weighted by molar-refractivity contribution is -0.163. The minimum absolute atomic E-state index is 0.0159. The summed E-state index contributed by atoms with van der Waals surface area (Å²) in [6, 6.07) is 6.16. The smallest absolute Gasteiger partial charge is 0.351 e. The molecule has 3 amide bonds. The van der Waals surface area contributed by atoms with Crippen LogP contribution >= 0.6 is 0 Å². The molecule has 8 nitrogen and oxygen atoms in total. The van der Waals surface area contributed by atoms with E-state index in [1.165, 1.54) is 6.92 Å². The second kappa shape index (κ2) is 7.67. The zero-order chi connectivity index (χ0) is 17.7. The summed E-state index contributed by atoms with van der Waals surface area (Å²) in [5, 5.41) is 4.60. The van der Waals surface area contributed by atoms with Crippen molar-refractivity contribution in [2.45, 2.75) is 39.0 Å². The van der Waals surface area contributed by atoms with Crippen LogP contribution in [0.1, 0.15) is 20.8 Å². The van der Waals surface area contributed by atoms with Gasteiger partial charge in [-0.05, 0) is 32.9 Å². The summed E-state index contributed by atoms with van der Waals surface area (Å²) in [7, 11) is 0. The van der Waals surface area contributed by atoms with Gasteiger partial charge in [-0.3, -0.25) is 10.1 Å². The Kier molecular flexibility index (Phi) is 5.62. The zero-order valence-electron chi connectivity index (χ0n) is 13.7. The van der Waals surface area contributed by atoms with Crippen LogP contribution in [0.4, 0.5) is 4.79 Å². The summed E-state index contributed by atoms with van der Waals surface area (Å²) < 4.78 is 16.0. The summed E-state index contributed by atoms with van der Waals surface area (Å²) >= 11 is 0. The van der Waals surface area contributed by atoms with Gasteiger partial charge in [-0.2, -0.15) is 0 Å². The number of rotatable bonds is 4. The average molecular weight is 336 g/mol. The van der Waals surface area contributed by atoms with Crippen molar-refractivity contribution >= 4 is 17.9 Å². The lowest BCUT2D eigenvalue weighted by atomic mass is 10.2. The highest BCUT2D eigenvalue weighted by atomic mass is 16.6. The third-order valence-electron chi connectivity index (χ3n) is 3.09. The third kappa shape index (κ3) is 4.61. The topological polar surface area (TPSA) is 103 Å². The zero-order valence-corrected chi connectivity index (χ0v) is 13.7. The summed E-state index contributed by atoms with van der Waals surface area (Å²) in [5.41, 5.74) is 0. The van der Waals surface area contributed by atoms with Crippen molar-refractivity contribution in [2.75, 3.05) is 6.61 Å². The SMILES string of the molecule is CC(C)NC(=O)NC(=O)[C@@H](C)OC(=O)[C@@H]1COc2ccccc2O1. The summed E-state index contributed by atoms with van der Waals surface area (Å²) in [4.78, 5) is 35.4. The molecule has 0 fully saturated rings. The van der Waals surface area contributed by atoms with Crippen molar-refractivity contribution in [1.29, 1.82) is 0 Å². The fourth-order valence-electron chi connectivity index (χ4n) is 1.95. The van der Waals surface area contributed by atoms with Crippen LogP contribution in [0.25, 0.3) is 0 Å². The number of imide groups is 1. The number of amides is 3. The number of esters is 1. The lowest BCUT2D eigenvalue weighted by Crippen LogP contribution is -2.48. The number of carbonyl (C=O) groups excluding carboxylic acids is 3. The molecule has 0 bridgehead atoms. The molecule has 0 saturated carbocycles. The molecule has 8 heteroatoms. The molecular formula is C16H20N2O6. The number of carbonyl (C=O) groups is 3. The maximum atomic E-state index is 12.1. The molecule has 0 aromatic heterocycles. The average Bonchev–Trinajstić information content (AvgIpc) is 2.53. The van der Waals surface area contributed by atoms with Crippen LogP contribution in [-0.2, 0) is 14.3 Å². The minimum Gasteiger partial charge on any atom is -0.485 e. The molecule has 0 aliphatic carbocycles. The van der Waals surface area contributed by atoms with Crippen LogP contribution in [0.15, 0.2) is 24.3 Å². The molecule has 1 aromatic rings. The molecule has 0 unspecified atom stereocenters. The molecule has 1 heterocycles. The molecule has 130 valence electrons. The van der Waals surface area contributed by atoms with E-state index in [4.69, 9.17) is 14.2 Å². The third-order valence-corrected chi connectivity index (χ3v) is 3.09. The quantitative estimate of drug-likeness (QED) is 0.795. The van der Waals surface area contributed by atoms with Crippen LogP contribution in [0.3, 0.4) is 0 Å². The fourth-order valence-corrected chi connectivity index (χ4v) is 1.95. The first kappa shape index (κ1) is 17.6. The van der Waals surface area contributed by atoms with Gasteiger partial charge in [0.25, 0.3) is 5.91 Å². The molecular weight excluding hydrogens is 316 g/mol. The molecule has 0 radical (unpaired) electrons. The van der Waals surface area contributed by atoms with Gasteiger partial charge in [0.2, 0.25) is 6.10 Å². The molecule has 24 heavy (non-hydrogen) atoms. The van der Waals surface area contributed by atoms with Crippen molar-refractivity contribution in [1.82, 2.24) is 10.6 Å². The Labute approximate surface area is 139 Å². The van der Waals surface area contributed by atoms with Crippen LogP contribution in [0.2, 0.25) is 0 Å². The molecule has 2 atom stereocenters. The monoisotopic (exact) mass is 336 g/mol. The molecule has 1 aromatic carbocycles. The maximum Gasteiger partial charge on any atom is 0.351 e. The van der Waals surface area contributed by atoms with E-state index < -0.39 is 30.1 Å². The Morgan fingerprint density at radius 2 is 1.83 bits per heavy atom. The standard InChI is InChI=1S/C16H20N2O6/c1-9(2)17-16(21)18-14(19)10(3)23-15(20)13-8-22-11-6-4-5-7-12(11)24-13/h4-7,9-10,13H,8H2,1-3H3,(H2,17,18,19,21)/t10-,13+/m1/s1. The van der Waals surface area contributed by atoms with Gasteiger partial charge in [-0.15, -0.1) is 0 Å². The normalized spacial score (nSPS) is 16.9. The van der Waals surface area contributed by atoms with Crippen LogP contribution < -0.4 is 20.1 Å².